The summed E-state index contributed by atoms with van der Waals surface area (Å²) in [7, 11) is 3.50. The van der Waals surface area contributed by atoms with Gasteiger partial charge >= 0.3 is 11.9 Å². The van der Waals surface area contributed by atoms with Crippen LogP contribution >= 0.6 is 11.6 Å². The number of rotatable bonds is 9. The van der Waals surface area contributed by atoms with Crippen LogP contribution in [0.2, 0.25) is 5.02 Å². The van der Waals surface area contributed by atoms with Crippen molar-refractivity contribution >= 4 is 29.1 Å². The van der Waals surface area contributed by atoms with Gasteiger partial charge in [0.1, 0.15) is 0 Å². The Kier molecular flexibility index (Phi) is 11.4. The highest BCUT2D eigenvalue weighted by Gasteiger charge is 2.37. The summed E-state index contributed by atoms with van der Waals surface area (Å²) in [6.45, 7) is 5.22. The predicted molar refractivity (Wildman–Crippen MR) is 190 cm³/mol. The van der Waals surface area contributed by atoms with Gasteiger partial charge in [-0.1, -0.05) is 41.9 Å². The molecule has 11 nitrogen and oxygen atoms in total. The average Bonchev–Trinajstić information content (AvgIpc) is 3.52. The number of nitrogens with one attached hydrogen (secondary N) is 2. The van der Waals surface area contributed by atoms with E-state index in [2.05, 4.69) is 32.2 Å². The van der Waals surface area contributed by atoms with Crippen molar-refractivity contribution in [3.8, 4) is 11.4 Å². The van der Waals surface area contributed by atoms with Crippen LogP contribution in [0.5, 0.6) is 0 Å². The highest BCUT2D eigenvalue weighted by molar-refractivity contribution is 6.33. The highest BCUT2D eigenvalue weighted by atomic mass is 35.5. The van der Waals surface area contributed by atoms with Gasteiger partial charge in [-0.25, -0.2) is 9.48 Å². The summed E-state index contributed by atoms with van der Waals surface area (Å²) in [5, 5.41) is 6.96. The van der Waals surface area contributed by atoms with Crippen LogP contribution in [0.1, 0.15) is 49.3 Å². The summed E-state index contributed by atoms with van der Waals surface area (Å²) in [6, 6.07) is 12.1. The normalized spacial score (nSPS) is 19.3. The number of piperazine rings is 1. The van der Waals surface area contributed by atoms with Gasteiger partial charge in [0.15, 0.2) is 5.82 Å². The zero-order chi connectivity index (χ0) is 36.3. The van der Waals surface area contributed by atoms with Crippen LogP contribution < -0.4 is 11.0 Å². The largest absolute Gasteiger partial charge is 0.418 e. The molecule has 0 aliphatic carbocycles. The Morgan fingerprint density at radius 1 is 0.941 bits per heavy atom. The molecule has 51 heavy (non-hydrogen) atoms. The third kappa shape index (κ3) is 8.61. The summed E-state index contributed by atoms with van der Waals surface area (Å²) >= 11 is 6.32. The Labute approximate surface area is 300 Å². The molecule has 0 saturated carbocycles. The van der Waals surface area contributed by atoms with Gasteiger partial charge in [0, 0.05) is 64.3 Å². The molecule has 3 saturated heterocycles. The smallest absolute Gasteiger partial charge is 0.386 e. The van der Waals surface area contributed by atoms with E-state index in [1.54, 1.807) is 9.80 Å². The van der Waals surface area contributed by atoms with E-state index in [0.29, 0.717) is 64.0 Å². The number of carbonyl (C=O) groups excluding carboxylic acids is 2. The van der Waals surface area contributed by atoms with Gasteiger partial charge in [-0.05, 0) is 69.9 Å². The lowest BCUT2D eigenvalue weighted by Gasteiger charge is -2.43. The van der Waals surface area contributed by atoms with E-state index in [1.807, 2.05) is 30.3 Å². The van der Waals surface area contributed by atoms with E-state index in [0.717, 1.165) is 37.6 Å². The van der Waals surface area contributed by atoms with Gasteiger partial charge in [-0.3, -0.25) is 19.5 Å². The minimum absolute atomic E-state index is 0.0616. The molecule has 15 heteroatoms. The molecule has 3 aromatic rings. The molecule has 276 valence electrons. The molecule has 6 rings (SSSR count). The van der Waals surface area contributed by atoms with Crippen LogP contribution in [0, 0.1) is 5.92 Å². The van der Waals surface area contributed by atoms with Crippen LogP contribution in [-0.2, 0) is 22.2 Å². The van der Waals surface area contributed by atoms with Crippen LogP contribution in [0.15, 0.2) is 47.3 Å². The van der Waals surface area contributed by atoms with E-state index in [1.165, 1.54) is 17.8 Å². The quantitative estimate of drug-likeness (QED) is 0.331. The fourth-order valence-electron chi connectivity index (χ4n) is 7.73. The highest BCUT2D eigenvalue weighted by Crippen LogP contribution is 2.40. The first-order valence-corrected chi connectivity index (χ1v) is 18.1. The van der Waals surface area contributed by atoms with Gasteiger partial charge in [0.05, 0.1) is 28.2 Å². The zero-order valence-electron chi connectivity index (χ0n) is 29.1. The number of halogens is 4. The van der Waals surface area contributed by atoms with Crippen LogP contribution in [0.25, 0.3) is 11.4 Å². The van der Waals surface area contributed by atoms with E-state index in [9.17, 15) is 27.6 Å². The molecule has 3 fully saturated rings. The SMILES string of the molecule is CNc1c(Cl)cc(C[C@@H](CC(=O)N2CCC(n3nc(-c4ccccc4)[nH]c3=O)CC2)C(=O)N2CCN(C3CCN(C)CC3)CC2)cc1C(F)(F)F. The van der Waals surface area contributed by atoms with Crippen molar-refractivity contribution in [3.05, 3.63) is 69.1 Å². The minimum Gasteiger partial charge on any atom is -0.386 e. The second-order valence-corrected chi connectivity index (χ2v) is 14.4. The second kappa shape index (κ2) is 15.8. The lowest BCUT2D eigenvalue weighted by atomic mass is 9.91. The molecular weight excluding hydrogens is 685 g/mol. The Balaban J connectivity index is 1.15. The Morgan fingerprint density at radius 2 is 1.59 bits per heavy atom. The first-order valence-electron chi connectivity index (χ1n) is 17.7. The summed E-state index contributed by atoms with van der Waals surface area (Å²) in [6.07, 6.45) is -1.73. The van der Waals surface area contributed by atoms with Crippen molar-refractivity contribution in [2.45, 2.75) is 56.8 Å². The number of carbonyl (C=O) groups is 2. The van der Waals surface area contributed by atoms with Crippen molar-refractivity contribution in [2.75, 3.05) is 71.8 Å². The molecule has 1 atom stereocenters. The van der Waals surface area contributed by atoms with E-state index in [4.69, 9.17) is 11.6 Å². The number of nitrogens with zero attached hydrogens (tertiary/aromatic N) is 6. The van der Waals surface area contributed by atoms with Crippen LogP contribution in [-0.4, -0.2) is 119 Å². The first-order chi connectivity index (χ1) is 24.4. The molecule has 0 spiro atoms. The molecule has 0 bridgehead atoms. The number of H-pyrrole nitrogens is 1. The van der Waals surface area contributed by atoms with Crippen LogP contribution in [0.3, 0.4) is 0 Å². The fourth-order valence-corrected chi connectivity index (χ4v) is 8.06. The minimum atomic E-state index is -4.67. The van der Waals surface area contributed by atoms with Gasteiger partial charge < -0.3 is 20.0 Å². The number of piperidine rings is 2. The van der Waals surface area contributed by atoms with E-state index in [-0.39, 0.29) is 52.7 Å². The molecule has 2 amide bonds. The number of aromatic amines is 1. The lowest BCUT2D eigenvalue weighted by Crippen LogP contribution is -2.55. The summed E-state index contributed by atoms with van der Waals surface area (Å²) < 4.78 is 43.6. The zero-order valence-corrected chi connectivity index (χ0v) is 29.8. The van der Waals surface area contributed by atoms with Gasteiger partial charge in [0.2, 0.25) is 11.8 Å². The van der Waals surface area contributed by atoms with Crippen molar-refractivity contribution in [3.63, 3.8) is 0 Å². The maximum Gasteiger partial charge on any atom is 0.418 e. The summed E-state index contributed by atoms with van der Waals surface area (Å²) in [5.41, 5.74) is -0.423. The van der Waals surface area contributed by atoms with Crippen molar-refractivity contribution in [2.24, 2.45) is 5.92 Å². The van der Waals surface area contributed by atoms with Crippen molar-refractivity contribution < 1.29 is 22.8 Å². The third-order valence-electron chi connectivity index (χ3n) is 10.6. The summed E-state index contributed by atoms with van der Waals surface area (Å²) in [4.78, 5) is 51.7. The number of alkyl halides is 3. The molecule has 4 heterocycles. The third-order valence-corrected chi connectivity index (χ3v) is 10.9. The van der Waals surface area contributed by atoms with Crippen molar-refractivity contribution in [1.82, 2.24) is 34.4 Å². The number of hydrogen-bond donors (Lipinski definition) is 2. The molecule has 2 aromatic carbocycles. The first kappa shape index (κ1) is 36.9. The van der Waals surface area contributed by atoms with E-state index < -0.39 is 17.7 Å². The van der Waals surface area contributed by atoms with Gasteiger partial charge in [-0.15, -0.1) is 5.10 Å². The number of benzene rings is 2. The number of aromatic nitrogens is 3. The number of likely N-dealkylation sites (tertiary alicyclic amines) is 2. The molecule has 0 radical (unpaired) electrons. The Morgan fingerprint density at radius 3 is 2.22 bits per heavy atom. The Bertz CT molecular complexity index is 1730. The standard InChI is InChI=1S/C36H46ClF3N8O3/c1-41-32-29(36(38,39)40)21-24(22-30(32)37)20-26(34(50)47-18-16-45(17-19-47)27-8-12-44(2)13-9-27)23-31(49)46-14-10-28(11-15-46)48-35(51)42-33(43-48)25-6-4-3-5-7-25/h3-7,21-22,26-28,41H,8-20,23H2,1-2H3,(H,42,43,51)/t26-/m0/s1. The lowest BCUT2D eigenvalue weighted by molar-refractivity contribution is -0.143. The second-order valence-electron chi connectivity index (χ2n) is 14.0. The maximum atomic E-state index is 14.1. The topological polar surface area (TPSA) is 110 Å². The maximum absolute atomic E-state index is 14.1. The summed E-state index contributed by atoms with van der Waals surface area (Å²) in [5.74, 6) is -0.875. The molecule has 1 aromatic heterocycles. The average molecular weight is 731 g/mol. The predicted octanol–water partition coefficient (Wildman–Crippen LogP) is 4.60. The number of anilines is 1. The number of hydrogen-bond acceptors (Lipinski definition) is 7. The van der Waals surface area contributed by atoms with Crippen molar-refractivity contribution in [1.29, 1.82) is 0 Å². The van der Waals surface area contributed by atoms with Crippen LogP contribution in [0.4, 0.5) is 18.9 Å². The Hall–Kier alpha value is -3.88. The molecule has 3 aliphatic rings. The molecule has 2 N–H and O–H groups in total. The molecule has 3 aliphatic heterocycles. The fraction of sp³-hybridized carbons (Fsp3) is 0.556. The molecular formula is C36H46ClF3N8O3. The monoisotopic (exact) mass is 730 g/mol. The van der Waals surface area contributed by atoms with Gasteiger partial charge in [-0.2, -0.15) is 13.2 Å². The number of amides is 2. The van der Waals surface area contributed by atoms with Gasteiger partial charge in [0.25, 0.3) is 0 Å². The van der Waals surface area contributed by atoms with E-state index >= 15 is 0 Å². The molecule has 0 unspecified atom stereocenters.